The van der Waals surface area contributed by atoms with Crippen molar-refractivity contribution in [2.75, 3.05) is 0 Å². The molecular formula is C15H11BrN2O. The summed E-state index contributed by atoms with van der Waals surface area (Å²) in [6.45, 7) is 0. The minimum absolute atomic E-state index is 0.609. The zero-order valence-corrected chi connectivity index (χ0v) is 11.6. The molecular weight excluding hydrogens is 304 g/mol. The SMILES string of the molecule is OC(c1ccc2cccnc2c1)c1ncccc1Br. The van der Waals surface area contributed by atoms with E-state index in [1.165, 1.54) is 0 Å². The van der Waals surface area contributed by atoms with Gasteiger partial charge in [0.2, 0.25) is 0 Å². The lowest BCUT2D eigenvalue weighted by Gasteiger charge is -2.12. The molecule has 0 saturated heterocycles. The maximum absolute atomic E-state index is 10.4. The maximum Gasteiger partial charge on any atom is 0.122 e. The van der Waals surface area contributed by atoms with E-state index < -0.39 is 6.10 Å². The number of aliphatic hydroxyl groups excluding tert-OH is 1. The lowest BCUT2D eigenvalue weighted by atomic mass is 10.0. The van der Waals surface area contributed by atoms with Crippen molar-refractivity contribution in [2.24, 2.45) is 0 Å². The molecule has 3 rings (SSSR count). The Morgan fingerprint density at radius 2 is 1.79 bits per heavy atom. The molecule has 1 unspecified atom stereocenters. The minimum atomic E-state index is -0.762. The van der Waals surface area contributed by atoms with E-state index in [0.29, 0.717) is 5.69 Å². The number of fused-ring (bicyclic) bond motifs is 1. The van der Waals surface area contributed by atoms with Gasteiger partial charge in [0.25, 0.3) is 0 Å². The zero-order valence-electron chi connectivity index (χ0n) is 9.99. The summed E-state index contributed by atoms with van der Waals surface area (Å²) in [4.78, 5) is 8.51. The number of hydrogen-bond donors (Lipinski definition) is 1. The van der Waals surface area contributed by atoms with E-state index in [9.17, 15) is 5.11 Å². The summed E-state index contributed by atoms with van der Waals surface area (Å²) >= 11 is 3.41. The van der Waals surface area contributed by atoms with Crippen LogP contribution in [0.3, 0.4) is 0 Å². The predicted molar refractivity (Wildman–Crippen MR) is 77.7 cm³/mol. The number of rotatable bonds is 2. The molecule has 94 valence electrons. The van der Waals surface area contributed by atoms with Crippen LogP contribution in [-0.2, 0) is 0 Å². The number of pyridine rings is 2. The molecule has 4 heteroatoms. The highest BCUT2D eigenvalue weighted by Crippen LogP contribution is 2.27. The van der Waals surface area contributed by atoms with Crippen LogP contribution in [0.1, 0.15) is 17.4 Å². The van der Waals surface area contributed by atoms with E-state index in [4.69, 9.17) is 0 Å². The van der Waals surface area contributed by atoms with Crippen molar-refractivity contribution in [3.63, 3.8) is 0 Å². The molecule has 3 nitrogen and oxygen atoms in total. The van der Waals surface area contributed by atoms with Gasteiger partial charge in [-0.15, -0.1) is 0 Å². The van der Waals surface area contributed by atoms with Crippen LogP contribution in [0.15, 0.2) is 59.3 Å². The Labute approximate surface area is 119 Å². The molecule has 1 aromatic carbocycles. The summed E-state index contributed by atoms with van der Waals surface area (Å²) in [6.07, 6.45) is 2.65. The Morgan fingerprint density at radius 3 is 2.63 bits per heavy atom. The monoisotopic (exact) mass is 314 g/mol. The third-order valence-corrected chi connectivity index (χ3v) is 3.66. The normalized spacial score (nSPS) is 12.5. The van der Waals surface area contributed by atoms with Crippen molar-refractivity contribution in [2.45, 2.75) is 6.10 Å². The molecule has 0 spiro atoms. The van der Waals surface area contributed by atoms with Gasteiger partial charge in [0.15, 0.2) is 0 Å². The molecule has 0 aliphatic heterocycles. The van der Waals surface area contributed by atoms with E-state index in [1.54, 1.807) is 12.4 Å². The zero-order chi connectivity index (χ0) is 13.2. The molecule has 0 amide bonds. The molecule has 0 fully saturated rings. The van der Waals surface area contributed by atoms with Crippen LogP contribution in [0.5, 0.6) is 0 Å². The van der Waals surface area contributed by atoms with Crippen LogP contribution in [0.4, 0.5) is 0 Å². The second-order valence-electron chi connectivity index (χ2n) is 4.23. The van der Waals surface area contributed by atoms with Gasteiger partial charge < -0.3 is 5.11 Å². The van der Waals surface area contributed by atoms with E-state index in [0.717, 1.165) is 20.9 Å². The fourth-order valence-electron chi connectivity index (χ4n) is 2.01. The number of benzene rings is 1. The van der Waals surface area contributed by atoms with E-state index in [1.807, 2.05) is 42.5 Å². The van der Waals surface area contributed by atoms with E-state index in [-0.39, 0.29) is 0 Å². The van der Waals surface area contributed by atoms with Gasteiger partial charge in [0.05, 0.1) is 11.2 Å². The third kappa shape index (κ3) is 2.37. The number of hydrogen-bond acceptors (Lipinski definition) is 3. The van der Waals surface area contributed by atoms with Gasteiger partial charge in [0.1, 0.15) is 6.10 Å². The molecule has 2 heterocycles. The minimum Gasteiger partial charge on any atom is -0.382 e. The lowest BCUT2D eigenvalue weighted by Crippen LogP contribution is -2.03. The maximum atomic E-state index is 10.4. The molecule has 3 aromatic rings. The van der Waals surface area contributed by atoms with Crippen LogP contribution in [-0.4, -0.2) is 15.1 Å². The molecule has 0 radical (unpaired) electrons. The fourth-order valence-corrected chi connectivity index (χ4v) is 2.48. The third-order valence-electron chi connectivity index (χ3n) is 2.99. The Bertz CT molecular complexity index is 730. The second-order valence-corrected chi connectivity index (χ2v) is 5.08. The summed E-state index contributed by atoms with van der Waals surface area (Å²) in [6, 6.07) is 13.3. The first-order valence-corrected chi connectivity index (χ1v) is 6.68. The van der Waals surface area contributed by atoms with Gasteiger partial charge in [-0.3, -0.25) is 9.97 Å². The van der Waals surface area contributed by atoms with Crippen molar-refractivity contribution in [1.29, 1.82) is 0 Å². The number of aliphatic hydroxyl groups is 1. The lowest BCUT2D eigenvalue weighted by molar-refractivity contribution is 0.214. The first-order valence-electron chi connectivity index (χ1n) is 5.89. The topological polar surface area (TPSA) is 46.0 Å². The highest BCUT2D eigenvalue weighted by molar-refractivity contribution is 9.10. The Morgan fingerprint density at radius 1 is 1.00 bits per heavy atom. The number of nitrogens with zero attached hydrogens (tertiary/aromatic N) is 2. The quantitative estimate of drug-likeness (QED) is 0.787. The average Bonchev–Trinajstić information content (AvgIpc) is 2.46. The number of halogens is 1. The summed E-state index contributed by atoms with van der Waals surface area (Å²) in [7, 11) is 0. The number of aromatic nitrogens is 2. The molecule has 19 heavy (non-hydrogen) atoms. The molecule has 0 aliphatic carbocycles. The highest BCUT2D eigenvalue weighted by atomic mass is 79.9. The summed E-state index contributed by atoms with van der Waals surface area (Å²) < 4.78 is 0.795. The van der Waals surface area contributed by atoms with Crippen molar-refractivity contribution >= 4 is 26.8 Å². The Hall–Kier alpha value is -1.78. The summed E-state index contributed by atoms with van der Waals surface area (Å²) in [5, 5.41) is 11.5. The molecule has 2 aromatic heterocycles. The van der Waals surface area contributed by atoms with Gasteiger partial charge in [0, 0.05) is 22.3 Å². The van der Waals surface area contributed by atoms with Crippen molar-refractivity contribution in [1.82, 2.24) is 9.97 Å². The van der Waals surface area contributed by atoms with Crippen molar-refractivity contribution in [3.8, 4) is 0 Å². The molecule has 1 N–H and O–H groups in total. The van der Waals surface area contributed by atoms with Crippen LogP contribution in [0.25, 0.3) is 10.9 Å². The first-order chi connectivity index (χ1) is 9.25. The average molecular weight is 315 g/mol. The van der Waals surface area contributed by atoms with Gasteiger partial charge in [-0.05, 0) is 45.8 Å². The van der Waals surface area contributed by atoms with E-state index >= 15 is 0 Å². The first kappa shape index (κ1) is 12.3. The largest absolute Gasteiger partial charge is 0.382 e. The smallest absolute Gasteiger partial charge is 0.122 e. The Balaban J connectivity index is 2.07. The highest BCUT2D eigenvalue weighted by Gasteiger charge is 2.15. The molecule has 1 atom stereocenters. The molecule has 0 saturated carbocycles. The summed E-state index contributed by atoms with van der Waals surface area (Å²) in [5.74, 6) is 0. The van der Waals surface area contributed by atoms with Crippen molar-refractivity contribution < 1.29 is 5.11 Å². The van der Waals surface area contributed by atoms with Gasteiger partial charge in [-0.25, -0.2) is 0 Å². The van der Waals surface area contributed by atoms with Crippen molar-refractivity contribution in [3.05, 3.63) is 70.6 Å². The fraction of sp³-hybridized carbons (Fsp3) is 0.0667. The van der Waals surface area contributed by atoms with Gasteiger partial charge >= 0.3 is 0 Å². The van der Waals surface area contributed by atoms with Crippen LogP contribution in [0, 0.1) is 0 Å². The van der Waals surface area contributed by atoms with Crippen LogP contribution >= 0.6 is 15.9 Å². The van der Waals surface area contributed by atoms with Crippen LogP contribution in [0.2, 0.25) is 0 Å². The van der Waals surface area contributed by atoms with Crippen LogP contribution < -0.4 is 0 Å². The van der Waals surface area contributed by atoms with Gasteiger partial charge in [-0.2, -0.15) is 0 Å². The Kier molecular flexibility index (Phi) is 3.27. The molecule has 0 bridgehead atoms. The van der Waals surface area contributed by atoms with Gasteiger partial charge in [-0.1, -0.05) is 18.2 Å². The molecule has 0 aliphatic rings. The predicted octanol–water partition coefficient (Wildman–Crippen LogP) is 3.47. The second kappa shape index (κ2) is 5.07. The standard InChI is InChI=1S/C15H11BrN2O/c16-12-4-2-8-18-14(12)15(19)11-6-5-10-3-1-7-17-13(10)9-11/h1-9,15,19H. The van der Waals surface area contributed by atoms with E-state index in [2.05, 4.69) is 25.9 Å². The summed E-state index contributed by atoms with van der Waals surface area (Å²) in [5.41, 5.74) is 2.26.